The van der Waals surface area contributed by atoms with Crippen LogP contribution in [0.15, 0.2) is 18.3 Å². The van der Waals surface area contributed by atoms with E-state index in [4.69, 9.17) is 0 Å². The van der Waals surface area contributed by atoms with E-state index in [-0.39, 0.29) is 6.04 Å². The highest BCUT2D eigenvalue weighted by atomic mass is 15.4. The summed E-state index contributed by atoms with van der Waals surface area (Å²) < 4.78 is 1.89. The fourth-order valence-electron chi connectivity index (χ4n) is 2.28. The van der Waals surface area contributed by atoms with Gasteiger partial charge in [-0.2, -0.15) is 4.68 Å². The molecule has 1 N–H and O–H groups in total. The molecule has 5 heteroatoms. The zero-order valence-corrected chi connectivity index (χ0v) is 12.7. The zero-order chi connectivity index (χ0) is 14.5. The lowest BCUT2D eigenvalue weighted by Crippen LogP contribution is -2.20. The normalized spacial score (nSPS) is 12.6. The van der Waals surface area contributed by atoms with Crippen LogP contribution in [0.4, 0.5) is 0 Å². The number of hydrogen-bond acceptors (Lipinski definition) is 4. The summed E-state index contributed by atoms with van der Waals surface area (Å²) in [5, 5.41) is 8.02. The highest BCUT2D eigenvalue weighted by Crippen LogP contribution is 2.20. The van der Waals surface area contributed by atoms with Gasteiger partial charge in [-0.15, -0.1) is 5.10 Å². The third kappa shape index (κ3) is 2.88. The Morgan fingerprint density at radius 3 is 2.70 bits per heavy atom. The molecule has 2 aromatic rings. The monoisotopic (exact) mass is 273 g/mol. The fourth-order valence-corrected chi connectivity index (χ4v) is 2.28. The molecule has 2 aromatic heterocycles. The Hall–Kier alpha value is -1.75. The van der Waals surface area contributed by atoms with Crippen molar-refractivity contribution in [3.63, 3.8) is 0 Å². The molecule has 0 amide bonds. The first-order chi connectivity index (χ1) is 9.71. The van der Waals surface area contributed by atoms with Crippen LogP contribution in [0.25, 0.3) is 5.82 Å². The number of rotatable bonds is 6. The van der Waals surface area contributed by atoms with Crippen LogP contribution in [0.2, 0.25) is 0 Å². The Kier molecular flexibility index (Phi) is 4.84. The van der Waals surface area contributed by atoms with Gasteiger partial charge in [-0.25, -0.2) is 9.97 Å². The highest BCUT2D eigenvalue weighted by molar-refractivity contribution is 5.36. The molecule has 0 radical (unpaired) electrons. The van der Waals surface area contributed by atoms with E-state index < -0.39 is 0 Å². The molecule has 0 saturated heterocycles. The van der Waals surface area contributed by atoms with Gasteiger partial charge in [0, 0.05) is 30.6 Å². The van der Waals surface area contributed by atoms with E-state index in [9.17, 15) is 0 Å². The summed E-state index contributed by atoms with van der Waals surface area (Å²) in [5.74, 6) is 2.71. The van der Waals surface area contributed by atoms with E-state index in [0.717, 1.165) is 42.4 Å². The van der Waals surface area contributed by atoms with Crippen molar-refractivity contribution in [2.75, 3.05) is 6.54 Å². The van der Waals surface area contributed by atoms with Crippen LogP contribution < -0.4 is 5.32 Å². The second-order valence-electron chi connectivity index (χ2n) is 4.76. The number of aryl methyl sites for hydroxylation is 2. The lowest BCUT2D eigenvalue weighted by molar-refractivity contribution is 0.587. The standard InChI is InChI=1S/C15H23N5/c1-5-13-18-14(6-2)20(19-13)15-12(9-8-10-17-15)11(4)16-7-3/h8-11,16H,5-7H2,1-4H3. The predicted octanol–water partition coefficient (Wildman–Crippen LogP) is 2.46. The lowest BCUT2D eigenvalue weighted by atomic mass is 10.1. The minimum atomic E-state index is 0.239. The van der Waals surface area contributed by atoms with Gasteiger partial charge in [0.2, 0.25) is 0 Å². The summed E-state index contributed by atoms with van der Waals surface area (Å²) in [6, 6.07) is 4.31. The summed E-state index contributed by atoms with van der Waals surface area (Å²) in [6.45, 7) is 9.34. The molecule has 0 fully saturated rings. The van der Waals surface area contributed by atoms with Crippen LogP contribution in [0, 0.1) is 0 Å². The first kappa shape index (κ1) is 14.7. The average molecular weight is 273 g/mol. The van der Waals surface area contributed by atoms with Crippen LogP contribution in [-0.2, 0) is 12.8 Å². The smallest absolute Gasteiger partial charge is 0.160 e. The van der Waals surface area contributed by atoms with E-state index in [2.05, 4.69) is 54.1 Å². The zero-order valence-electron chi connectivity index (χ0n) is 12.7. The minimum Gasteiger partial charge on any atom is -0.310 e. The topological polar surface area (TPSA) is 55.6 Å². The number of pyridine rings is 1. The molecule has 1 atom stereocenters. The Bertz CT molecular complexity index is 561. The van der Waals surface area contributed by atoms with E-state index in [0.29, 0.717) is 0 Å². The van der Waals surface area contributed by atoms with E-state index >= 15 is 0 Å². The maximum atomic E-state index is 4.59. The third-order valence-electron chi connectivity index (χ3n) is 3.34. The van der Waals surface area contributed by atoms with Crippen molar-refractivity contribution in [3.05, 3.63) is 35.5 Å². The minimum absolute atomic E-state index is 0.239. The molecule has 2 heterocycles. The van der Waals surface area contributed by atoms with Gasteiger partial charge in [0.15, 0.2) is 11.6 Å². The average Bonchev–Trinajstić information content (AvgIpc) is 2.90. The molecule has 0 aliphatic heterocycles. The maximum Gasteiger partial charge on any atom is 0.160 e. The Morgan fingerprint density at radius 1 is 1.25 bits per heavy atom. The Balaban J connectivity index is 2.49. The quantitative estimate of drug-likeness (QED) is 0.878. The molecule has 5 nitrogen and oxygen atoms in total. The van der Waals surface area contributed by atoms with Gasteiger partial charge in [-0.3, -0.25) is 0 Å². The van der Waals surface area contributed by atoms with Crippen LogP contribution >= 0.6 is 0 Å². The first-order valence-corrected chi connectivity index (χ1v) is 7.34. The third-order valence-corrected chi connectivity index (χ3v) is 3.34. The van der Waals surface area contributed by atoms with Crippen LogP contribution in [-0.4, -0.2) is 26.3 Å². The van der Waals surface area contributed by atoms with Gasteiger partial charge in [-0.1, -0.05) is 26.8 Å². The van der Waals surface area contributed by atoms with Gasteiger partial charge in [-0.05, 0) is 19.5 Å². The van der Waals surface area contributed by atoms with Crippen LogP contribution in [0.3, 0.4) is 0 Å². The van der Waals surface area contributed by atoms with Crippen molar-refractivity contribution < 1.29 is 0 Å². The Morgan fingerprint density at radius 2 is 2.05 bits per heavy atom. The van der Waals surface area contributed by atoms with Crippen LogP contribution in [0.1, 0.15) is 50.9 Å². The second-order valence-corrected chi connectivity index (χ2v) is 4.76. The summed E-state index contributed by atoms with van der Waals surface area (Å²) in [4.78, 5) is 9.09. The molecule has 0 aliphatic carbocycles. The summed E-state index contributed by atoms with van der Waals surface area (Å²) in [7, 11) is 0. The number of nitrogens with zero attached hydrogens (tertiary/aromatic N) is 4. The SMILES string of the molecule is CCNC(C)c1cccnc1-n1nc(CC)nc1CC. The van der Waals surface area contributed by atoms with Crippen molar-refractivity contribution >= 4 is 0 Å². The van der Waals surface area contributed by atoms with Crippen LogP contribution in [0.5, 0.6) is 0 Å². The van der Waals surface area contributed by atoms with Gasteiger partial charge >= 0.3 is 0 Å². The van der Waals surface area contributed by atoms with Crippen molar-refractivity contribution in [3.8, 4) is 5.82 Å². The van der Waals surface area contributed by atoms with Crippen molar-refractivity contribution in [2.24, 2.45) is 0 Å². The summed E-state index contributed by atoms with van der Waals surface area (Å²) >= 11 is 0. The molecule has 1 unspecified atom stereocenters. The number of nitrogens with one attached hydrogen (secondary N) is 1. The molecular formula is C15H23N5. The highest BCUT2D eigenvalue weighted by Gasteiger charge is 2.16. The molecular weight excluding hydrogens is 250 g/mol. The van der Waals surface area contributed by atoms with Gasteiger partial charge in [0.05, 0.1) is 0 Å². The largest absolute Gasteiger partial charge is 0.310 e. The summed E-state index contributed by atoms with van der Waals surface area (Å²) in [5.41, 5.74) is 1.15. The van der Waals surface area contributed by atoms with Crippen molar-refractivity contribution in [2.45, 2.75) is 46.6 Å². The molecule has 20 heavy (non-hydrogen) atoms. The maximum absolute atomic E-state index is 4.59. The summed E-state index contributed by atoms with van der Waals surface area (Å²) in [6.07, 6.45) is 3.49. The predicted molar refractivity (Wildman–Crippen MR) is 80.0 cm³/mol. The second kappa shape index (κ2) is 6.61. The lowest BCUT2D eigenvalue weighted by Gasteiger charge is -2.16. The molecule has 0 aliphatic rings. The van der Waals surface area contributed by atoms with Gasteiger partial charge < -0.3 is 5.32 Å². The first-order valence-electron chi connectivity index (χ1n) is 7.34. The number of hydrogen-bond donors (Lipinski definition) is 1. The molecule has 0 spiro atoms. The van der Waals surface area contributed by atoms with Crippen molar-refractivity contribution in [1.82, 2.24) is 25.1 Å². The van der Waals surface area contributed by atoms with Gasteiger partial charge in [0.1, 0.15) is 5.82 Å². The number of aromatic nitrogens is 4. The molecule has 0 saturated carbocycles. The van der Waals surface area contributed by atoms with Crippen molar-refractivity contribution in [1.29, 1.82) is 0 Å². The molecule has 108 valence electrons. The molecule has 0 bridgehead atoms. The molecule has 2 rings (SSSR count). The molecule has 0 aromatic carbocycles. The van der Waals surface area contributed by atoms with Gasteiger partial charge in [0.25, 0.3) is 0 Å². The van der Waals surface area contributed by atoms with E-state index in [1.165, 1.54) is 0 Å². The van der Waals surface area contributed by atoms with E-state index in [1.807, 2.05) is 16.9 Å². The Labute approximate surface area is 120 Å². The fraction of sp³-hybridized carbons (Fsp3) is 0.533. The van der Waals surface area contributed by atoms with E-state index in [1.54, 1.807) is 0 Å².